The van der Waals surface area contributed by atoms with Gasteiger partial charge in [0.05, 0.1) is 4.92 Å². The Morgan fingerprint density at radius 3 is 2.27 bits per heavy atom. The summed E-state index contributed by atoms with van der Waals surface area (Å²) in [6.07, 6.45) is 0. The number of rotatable bonds is 4. The van der Waals surface area contributed by atoms with Crippen molar-refractivity contribution in [1.82, 2.24) is 0 Å². The maximum atomic E-state index is 10.4. The Kier molecular flexibility index (Phi) is 2.99. The summed E-state index contributed by atoms with van der Waals surface area (Å²) in [7, 11) is 0. The van der Waals surface area contributed by atoms with Crippen LogP contribution in [0.4, 0.5) is 5.69 Å². The quantitative estimate of drug-likeness (QED) is 0.434. The molecule has 0 aliphatic carbocycles. The van der Waals surface area contributed by atoms with E-state index >= 15 is 0 Å². The lowest BCUT2D eigenvalue weighted by atomic mass is 9.98. The maximum absolute atomic E-state index is 10.4. The summed E-state index contributed by atoms with van der Waals surface area (Å²) in [5.41, 5.74) is -0.238. The van der Waals surface area contributed by atoms with Crippen LogP contribution in [-0.2, 0) is 10.4 Å². The third kappa shape index (κ3) is 2.49. The number of nitro benzene ring substituents is 1. The molecular formula is C9H10N2O4. The van der Waals surface area contributed by atoms with Crippen LogP contribution in [0.1, 0.15) is 19.4 Å². The zero-order valence-electron chi connectivity index (χ0n) is 8.34. The molecule has 0 fully saturated rings. The lowest BCUT2D eigenvalue weighted by Crippen LogP contribution is -2.18. The van der Waals surface area contributed by atoms with Crippen LogP contribution in [0.5, 0.6) is 0 Å². The van der Waals surface area contributed by atoms with Gasteiger partial charge in [0.25, 0.3) is 5.69 Å². The lowest BCUT2D eigenvalue weighted by molar-refractivity contribution is -0.384. The van der Waals surface area contributed by atoms with Gasteiger partial charge in [0, 0.05) is 12.1 Å². The summed E-state index contributed by atoms with van der Waals surface area (Å²) in [6, 6.07) is 5.77. The molecule has 15 heavy (non-hydrogen) atoms. The van der Waals surface area contributed by atoms with Gasteiger partial charge in [-0.05, 0) is 31.5 Å². The van der Waals surface area contributed by atoms with Crippen molar-refractivity contribution in [3.05, 3.63) is 44.9 Å². The average molecular weight is 210 g/mol. The fraction of sp³-hybridized carbons (Fsp3) is 0.333. The van der Waals surface area contributed by atoms with E-state index in [1.54, 1.807) is 13.8 Å². The Labute approximate surface area is 85.9 Å². The minimum absolute atomic E-state index is 0.00591. The van der Waals surface area contributed by atoms with E-state index < -0.39 is 10.5 Å². The molecule has 0 amide bonds. The predicted octanol–water partition coefficient (Wildman–Crippen LogP) is 2.53. The smallest absolute Gasteiger partial charge is 0.269 e. The zero-order chi connectivity index (χ0) is 11.5. The van der Waals surface area contributed by atoms with Crippen molar-refractivity contribution in [2.24, 2.45) is 5.34 Å². The largest absolute Gasteiger partial charge is 0.353 e. The van der Waals surface area contributed by atoms with Crippen molar-refractivity contribution in [2.45, 2.75) is 19.4 Å². The minimum Gasteiger partial charge on any atom is -0.353 e. The van der Waals surface area contributed by atoms with Crippen LogP contribution in [-0.4, -0.2) is 4.92 Å². The predicted molar refractivity (Wildman–Crippen MR) is 53.0 cm³/mol. The van der Waals surface area contributed by atoms with E-state index in [-0.39, 0.29) is 5.69 Å². The summed E-state index contributed by atoms with van der Waals surface area (Å²) in [6.45, 7) is 3.30. The molecule has 0 N–H and O–H groups in total. The molecule has 80 valence electrons. The van der Waals surface area contributed by atoms with Crippen molar-refractivity contribution in [3.63, 3.8) is 0 Å². The van der Waals surface area contributed by atoms with Crippen LogP contribution in [0.2, 0.25) is 0 Å². The monoisotopic (exact) mass is 210 g/mol. The first-order valence-electron chi connectivity index (χ1n) is 4.23. The fourth-order valence-corrected chi connectivity index (χ4v) is 1.13. The Bertz CT molecular complexity index is 372. The molecule has 6 nitrogen and oxygen atoms in total. The highest BCUT2D eigenvalue weighted by Gasteiger charge is 2.23. The standard InChI is InChI=1S/C9H10N2O4/c1-9(2,15-10-12)7-3-5-8(6-4-7)11(13)14/h3-6H,1-2H3. The first-order chi connectivity index (χ1) is 6.97. The van der Waals surface area contributed by atoms with E-state index in [9.17, 15) is 15.0 Å². The summed E-state index contributed by atoms with van der Waals surface area (Å²) in [5.74, 6) is 0. The van der Waals surface area contributed by atoms with E-state index in [2.05, 4.69) is 10.2 Å². The van der Waals surface area contributed by atoms with Crippen LogP contribution in [0.3, 0.4) is 0 Å². The van der Waals surface area contributed by atoms with Gasteiger partial charge < -0.3 is 4.84 Å². The van der Waals surface area contributed by atoms with Crippen LogP contribution in [0, 0.1) is 15.0 Å². The Morgan fingerprint density at radius 2 is 1.87 bits per heavy atom. The van der Waals surface area contributed by atoms with Gasteiger partial charge in [0.2, 0.25) is 0 Å². The van der Waals surface area contributed by atoms with Crippen molar-refractivity contribution in [2.75, 3.05) is 0 Å². The second kappa shape index (κ2) is 4.04. The van der Waals surface area contributed by atoms with E-state index in [0.29, 0.717) is 5.56 Å². The van der Waals surface area contributed by atoms with Gasteiger partial charge in [-0.15, -0.1) is 4.91 Å². The molecule has 0 aromatic heterocycles. The summed E-state index contributed by atoms with van der Waals surface area (Å²) in [5, 5.41) is 12.8. The Hall–Kier alpha value is -1.98. The zero-order valence-corrected chi connectivity index (χ0v) is 8.34. The number of benzene rings is 1. The average Bonchev–Trinajstić information content (AvgIpc) is 2.18. The molecule has 6 heteroatoms. The second-order valence-corrected chi connectivity index (χ2v) is 3.48. The van der Waals surface area contributed by atoms with Crippen LogP contribution in [0.15, 0.2) is 29.6 Å². The third-order valence-electron chi connectivity index (χ3n) is 2.04. The number of non-ortho nitro benzene ring substituents is 1. The molecule has 0 heterocycles. The first-order valence-corrected chi connectivity index (χ1v) is 4.23. The molecular weight excluding hydrogens is 200 g/mol. The summed E-state index contributed by atoms with van der Waals surface area (Å²) >= 11 is 0. The molecule has 0 radical (unpaired) electrons. The van der Waals surface area contributed by atoms with E-state index in [4.69, 9.17) is 0 Å². The third-order valence-corrected chi connectivity index (χ3v) is 2.04. The maximum Gasteiger partial charge on any atom is 0.269 e. The molecule has 0 spiro atoms. The molecule has 0 saturated heterocycles. The Morgan fingerprint density at radius 1 is 1.33 bits per heavy atom. The van der Waals surface area contributed by atoms with Crippen molar-refractivity contribution in [1.29, 1.82) is 0 Å². The van der Waals surface area contributed by atoms with Gasteiger partial charge in [-0.25, -0.2) is 0 Å². The van der Waals surface area contributed by atoms with Gasteiger partial charge >= 0.3 is 0 Å². The molecule has 1 aromatic rings. The highest BCUT2D eigenvalue weighted by Crippen LogP contribution is 2.26. The molecule has 0 unspecified atom stereocenters. The van der Waals surface area contributed by atoms with E-state index in [1.165, 1.54) is 24.3 Å². The molecule has 0 bridgehead atoms. The topological polar surface area (TPSA) is 81.8 Å². The van der Waals surface area contributed by atoms with Crippen molar-refractivity contribution < 1.29 is 9.76 Å². The van der Waals surface area contributed by atoms with Gasteiger partial charge in [0.15, 0.2) is 10.9 Å². The molecule has 0 aliphatic rings. The van der Waals surface area contributed by atoms with Gasteiger partial charge in [-0.3, -0.25) is 10.1 Å². The molecule has 0 atom stereocenters. The lowest BCUT2D eigenvalue weighted by Gasteiger charge is -2.20. The van der Waals surface area contributed by atoms with Gasteiger partial charge in [-0.1, -0.05) is 0 Å². The molecule has 1 rings (SSSR count). The first kappa shape index (κ1) is 11.1. The van der Waals surface area contributed by atoms with Crippen LogP contribution >= 0.6 is 0 Å². The van der Waals surface area contributed by atoms with Crippen LogP contribution < -0.4 is 0 Å². The minimum atomic E-state index is -0.878. The van der Waals surface area contributed by atoms with Gasteiger partial charge in [-0.2, -0.15) is 0 Å². The highest BCUT2D eigenvalue weighted by atomic mass is 16.7. The molecule has 1 aromatic carbocycles. The van der Waals surface area contributed by atoms with Crippen LogP contribution in [0.25, 0.3) is 0 Å². The van der Waals surface area contributed by atoms with Gasteiger partial charge in [0.1, 0.15) is 0 Å². The second-order valence-electron chi connectivity index (χ2n) is 3.48. The van der Waals surface area contributed by atoms with Crippen molar-refractivity contribution in [3.8, 4) is 0 Å². The van der Waals surface area contributed by atoms with E-state index in [0.717, 1.165) is 0 Å². The normalized spacial score (nSPS) is 10.8. The number of hydrogen-bond donors (Lipinski definition) is 0. The number of hydrogen-bond acceptors (Lipinski definition) is 5. The molecule has 0 saturated carbocycles. The van der Waals surface area contributed by atoms with Crippen molar-refractivity contribution >= 4 is 5.69 Å². The summed E-state index contributed by atoms with van der Waals surface area (Å²) in [4.78, 5) is 24.5. The SMILES string of the molecule is CC(C)(ON=O)c1ccc([N+](=O)[O-])cc1. The Balaban J connectivity index is 2.97. The summed E-state index contributed by atoms with van der Waals surface area (Å²) < 4.78 is 0. The number of nitro groups is 1. The molecule has 0 aliphatic heterocycles. The highest BCUT2D eigenvalue weighted by molar-refractivity contribution is 5.34. The fourth-order valence-electron chi connectivity index (χ4n) is 1.13. The number of nitrogens with zero attached hydrogens (tertiary/aromatic N) is 2. The van der Waals surface area contributed by atoms with E-state index in [1.807, 2.05) is 0 Å².